The quantitative estimate of drug-likeness (QED) is 0.644. The van der Waals surface area contributed by atoms with Crippen LogP contribution >= 0.6 is 0 Å². The molecule has 0 amide bonds. The molecule has 1 rings (SSSR count). The van der Waals surface area contributed by atoms with Crippen LogP contribution in [-0.4, -0.2) is 62.2 Å². The molecule has 114 valence electrons. The van der Waals surface area contributed by atoms with E-state index in [1.807, 2.05) is 0 Å². The van der Waals surface area contributed by atoms with E-state index in [-0.39, 0.29) is 24.7 Å². The fourth-order valence-electron chi connectivity index (χ4n) is 1.84. The lowest BCUT2D eigenvalue weighted by molar-refractivity contribution is -0.276. The summed E-state index contributed by atoms with van der Waals surface area (Å²) in [5, 5.41) is 19.5. The van der Waals surface area contributed by atoms with Crippen LogP contribution < -0.4 is 0 Å². The molecular weight excluding hydrogens is 276 g/mol. The highest BCUT2D eigenvalue weighted by Gasteiger charge is 2.38. The van der Waals surface area contributed by atoms with Gasteiger partial charge in [-0.05, 0) is 20.3 Å². The third-order valence-electron chi connectivity index (χ3n) is 2.85. The Labute approximate surface area is 113 Å². The molecule has 0 saturated carbocycles. The number of aliphatic hydroxyl groups is 2. The summed E-state index contributed by atoms with van der Waals surface area (Å²) in [6, 6.07) is 0. The van der Waals surface area contributed by atoms with Crippen LogP contribution in [0.2, 0.25) is 0 Å². The van der Waals surface area contributed by atoms with Gasteiger partial charge in [-0.1, -0.05) is 0 Å². The molecule has 0 aliphatic carbocycles. The third kappa shape index (κ3) is 5.33. The predicted octanol–water partition coefficient (Wildman–Crippen LogP) is -0.385. The zero-order valence-electron chi connectivity index (χ0n) is 11.4. The van der Waals surface area contributed by atoms with Crippen molar-refractivity contribution in [2.45, 2.75) is 57.4 Å². The van der Waals surface area contributed by atoms with Crippen molar-refractivity contribution in [1.82, 2.24) is 0 Å². The monoisotopic (exact) mass is 298 g/mol. The highest BCUT2D eigenvalue weighted by Crippen LogP contribution is 2.24. The van der Waals surface area contributed by atoms with Gasteiger partial charge in [0, 0.05) is 6.42 Å². The number of hydrogen-bond acceptors (Lipinski definition) is 7. The molecule has 0 aromatic rings. The van der Waals surface area contributed by atoms with Crippen LogP contribution in [0.5, 0.6) is 0 Å². The van der Waals surface area contributed by atoms with E-state index in [1.54, 1.807) is 13.8 Å². The van der Waals surface area contributed by atoms with Crippen molar-refractivity contribution in [3.63, 3.8) is 0 Å². The van der Waals surface area contributed by atoms with Crippen LogP contribution in [0.15, 0.2) is 0 Å². The molecule has 7 nitrogen and oxygen atoms in total. The average Bonchev–Trinajstić information content (AvgIpc) is 2.32. The molecule has 0 spiro atoms. The Bertz CT molecular complexity index is 367. The normalized spacial score (nSPS) is 32.7. The van der Waals surface area contributed by atoms with Crippen LogP contribution in [0.4, 0.5) is 0 Å². The zero-order valence-corrected chi connectivity index (χ0v) is 12.2. The first-order valence-corrected chi connectivity index (χ1v) is 7.78. The standard InChI is InChI=1S/C11H22O7S/c1-7(2)17-11-10(13)9(12)6-8(18-11)4-5-19(14,15)16-3/h7-13H,4-6H2,1-3H3/t8-,9-,10-,11-/m1/s1. The van der Waals surface area contributed by atoms with Crippen molar-refractivity contribution in [2.75, 3.05) is 12.9 Å². The summed E-state index contributed by atoms with van der Waals surface area (Å²) in [7, 11) is -2.46. The maximum absolute atomic E-state index is 11.2. The molecule has 1 heterocycles. The highest BCUT2D eigenvalue weighted by atomic mass is 32.2. The Kier molecular flexibility index (Phi) is 6.15. The lowest BCUT2D eigenvalue weighted by Gasteiger charge is -2.37. The Morgan fingerprint density at radius 2 is 2.00 bits per heavy atom. The molecular formula is C11H22O7S. The lowest BCUT2D eigenvalue weighted by atomic mass is 10.0. The van der Waals surface area contributed by atoms with E-state index in [4.69, 9.17) is 9.47 Å². The molecule has 4 atom stereocenters. The summed E-state index contributed by atoms with van der Waals surface area (Å²) in [6.07, 6.45) is -3.39. The first-order chi connectivity index (χ1) is 8.75. The van der Waals surface area contributed by atoms with Crippen molar-refractivity contribution in [3.05, 3.63) is 0 Å². The van der Waals surface area contributed by atoms with E-state index >= 15 is 0 Å². The van der Waals surface area contributed by atoms with Gasteiger partial charge in [0.1, 0.15) is 6.10 Å². The molecule has 1 aliphatic heterocycles. The Balaban J connectivity index is 2.56. The highest BCUT2D eigenvalue weighted by molar-refractivity contribution is 7.86. The average molecular weight is 298 g/mol. The minimum atomic E-state index is -3.56. The minimum Gasteiger partial charge on any atom is -0.390 e. The molecule has 1 saturated heterocycles. The van der Waals surface area contributed by atoms with Crippen molar-refractivity contribution in [2.24, 2.45) is 0 Å². The van der Waals surface area contributed by atoms with Gasteiger partial charge in [-0.2, -0.15) is 8.42 Å². The van der Waals surface area contributed by atoms with E-state index in [9.17, 15) is 18.6 Å². The van der Waals surface area contributed by atoms with E-state index in [2.05, 4.69) is 4.18 Å². The van der Waals surface area contributed by atoms with Gasteiger partial charge < -0.3 is 19.7 Å². The SMILES string of the molecule is COS(=O)(=O)CC[C@@H]1C[C@@H](O)[C@@H](O)[C@H](OC(C)C)O1. The van der Waals surface area contributed by atoms with Gasteiger partial charge in [0.05, 0.1) is 31.2 Å². The van der Waals surface area contributed by atoms with Crippen molar-refractivity contribution in [3.8, 4) is 0 Å². The Hall–Kier alpha value is -0.250. The molecule has 0 radical (unpaired) electrons. The molecule has 1 fully saturated rings. The van der Waals surface area contributed by atoms with E-state index in [0.717, 1.165) is 7.11 Å². The summed E-state index contributed by atoms with van der Waals surface area (Å²) in [5.74, 6) is -0.203. The van der Waals surface area contributed by atoms with Crippen LogP contribution in [0.25, 0.3) is 0 Å². The topological polar surface area (TPSA) is 102 Å². The van der Waals surface area contributed by atoms with Gasteiger partial charge >= 0.3 is 0 Å². The van der Waals surface area contributed by atoms with Gasteiger partial charge in [0.2, 0.25) is 0 Å². The molecule has 0 aromatic heterocycles. The fourth-order valence-corrected chi connectivity index (χ4v) is 2.56. The van der Waals surface area contributed by atoms with E-state index < -0.39 is 34.7 Å². The van der Waals surface area contributed by atoms with Crippen LogP contribution in [0.3, 0.4) is 0 Å². The third-order valence-corrected chi connectivity index (χ3v) is 4.10. The largest absolute Gasteiger partial charge is 0.390 e. The van der Waals surface area contributed by atoms with Crippen LogP contribution in [0.1, 0.15) is 26.7 Å². The number of aliphatic hydroxyl groups excluding tert-OH is 2. The lowest BCUT2D eigenvalue weighted by Crippen LogP contribution is -2.50. The van der Waals surface area contributed by atoms with Crippen molar-refractivity contribution >= 4 is 10.1 Å². The summed E-state index contributed by atoms with van der Waals surface area (Å²) in [6.45, 7) is 3.56. The maximum Gasteiger partial charge on any atom is 0.267 e. The smallest absolute Gasteiger partial charge is 0.267 e. The summed E-state index contributed by atoms with van der Waals surface area (Å²) < 4.78 is 37.6. The van der Waals surface area contributed by atoms with Gasteiger partial charge in [-0.15, -0.1) is 0 Å². The zero-order chi connectivity index (χ0) is 14.6. The molecule has 0 aromatic carbocycles. The number of ether oxygens (including phenoxy) is 2. The summed E-state index contributed by atoms with van der Waals surface area (Å²) >= 11 is 0. The van der Waals surface area contributed by atoms with Crippen molar-refractivity contribution in [1.29, 1.82) is 0 Å². The molecule has 0 bridgehead atoms. The second-order valence-corrected chi connectivity index (χ2v) is 6.68. The molecule has 1 aliphatic rings. The van der Waals surface area contributed by atoms with Gasteiger partial charge in [-0.3, -0.25) is 4.18 Å². The fraction of sp³-hybridized carbons (Fsp3) is 1.00. The second-order valence-electron chi connectivity index (χ2n) is 4.82. The first kappa shape index (κ1) is 16.8. The molecule has 2 N–H and O–H groups in total. The molecule has 19 heavy (non-hydrogen) atoms. The predicted molar refractivity (Wildman–Crippen MR) is 66.9 cm³/mol. The van der Waals surface area contributed by atoms with Crippen LogP contribution in [-0.2, 0) is 23.8 Å². The number of hydrogen-bond donors (Lipinski definition) is 2. The van der Waals surface area contributed by atoms with Gasteiger partial charge in [0.15, 0.2) is 6.29 Å². The summed E-state index contributed by atoms with van der Waals surface area (Å²) in [4.78, 5) is 0. The van der Waals surface area contributed by atoms with Crippen LogP contribution in [0, 0.1) is 0 Å². The maximum atomic E-state index is 11.2. The molecule has 8 heteroatoms. The van der Waals surface area contributed by atoms with Gasteiger partial charge in [0.25, 0.3) is 10.1 Å². The first-order valence-electron chi connectivity index (χ1n) is 6.20. The number of rotatable bonds is 6. The molecule has 0 unspecified atom stereocenters. The van der Waals surface area contributed by atoms with Gasteiger partial charge in [-0.25, -0.2) is 0 Å². The minimum absolute atomic E-state index is 0.165. The second kappa shape index (κ2) is 6.96. The van der Waals surface area contributed by atoms with E-state index in [1.165, 1.54) is 0 Å². The van der Waals surface area contributed by atoms with Crippen molar-refractivity contribution < 1.29 is 32.3 Å². The summed E-state index contributed by atoms with van der Waals surface area (Å²) in [5.41, 5.74) is 0. The van der Waals surface area contributed by atoms with E-state index in [0.29, 0.717) is 0 Å². The Morgan fingerprint density at radius 3 is 2.53 bits per heavy atom. The Morgan fingerprint density at radius 1 is 1.37 bits per heavy atom.